The van der Waals surface area contributed by atoms with Crippen LogP contribution >= 0.6 is 0 Å². The quantitative estimate of drug-likeness (QED) is 0.609. The lowest BCUT2D eigenvalue weighted by atomic mass is 10.1. The van der Waals surface area contributed by atoms with E-state index in [1.54, 1.807) is 0 Å². The first kappa shape index (κ1) is 6.55. The molecule has 0 aromatic heterocycles. The van der Waals surface area contributed by atoms with E-state index < -0.39 is 5.97 Å². The van der Waals surface area contributed by atoms with Gasteiger partial charge in [0.25, 0.3) is 0 Å². The number of aliphatic carboxylic acids is 1. The van der Waals surface area contributed by atoms with Gasteiger partial charge in [-0.15, -0.1) is 0 Å². The Labute approximate surface area is 53.6 Å². The van der Waals surface area contributed by atoms with Crippen molar-refractivity contribution in [3.63, 3.8) is 0 Å². The summed E-state index contributed by atoms with van der Waals surface area (Å²) in [6, 6.07) is 0. The maximum atomic E-state index is 9.99. The van der Waals surface area contributed by atoms with Gasteiger partial charge in [0.15, 0.2) is 0 Å². The SMILES string of the molecule is O=C(O)CC[C@H]1CCO1. The van der Waals surface area contributed by atoms with Crippen molar-refractivity contribution in [2.45, 2.75) is 25.4 Å². The molecule has 1 rings (SSSR count). The van der Waals surface area contributed by atoms with Crippen molar-refractivity contribution >= 4 is 5.97 Å². The van der Waals surface area contributed by atoms with Crippen LogP contribution in [-0.2, 0) is 9.53 Å². The summed E-state index contributed by atoms with van der Waals surface area (Å²) in [5, 5.41) is 8.23. The van der Waals surface area contributed by atoms with Crippen LogP contribution in [0.1, 0.15) is 19.3 Å². The van der Waals surface area contributed by atoms with Crippen LogP contribution in [0.2, 0.25) is 0 Å². The molecule has 1 atom stereocenters. The Kier molecular flexibility index (Phi) is 2.05. The fraction of sp³-hybridized carbons (Fsp3) is 0.833. The van der Waals surface area contributed by atoms with Crippen molar-refractivity contribution in [3.05, 3.63) is 0 Å². The summed E-state index contributed by atoms with van der Waals surface area (Å²) in [7, 11) is 0. The average molecular weight is 130 g/mol. The number of hydrogen-bond acceptors (Lipinski definition) is 2. The van der Waals surface area contributed by atoms with Crippen molar-refractivity contribution in [2.75, 3.05) is 6.61 Å². The minimum atomic E-state index is -0.731. The van der Waals surface area contributed by atoms with Gasteiger partial charge in [0.05, 0.1) is 6.10 Å². The Morgan fingerprint density at radius 3 is 2.78 bits per heavy atom. The number of carbonyl (C=O) groups is 1. The highest BCUT2D eigenvalue weighted by atomic mass is 16.5. The molecule has 1 fully saturated rings. The molecule has 0 amide bonds. The van der Waals surface area contributed by atoms with E-state index in [1.807, 2.05) is 0 Å². The second-order valence-electron chi connectivity index (χ2n) is 2.21. The van der Waals surface area contributed by atoms with Gasteiger partial charge in [-0.1, -0.05) is 0 Å². The third-order valence-corrected chi connectivity index (χ3v) is 1.47. The van der Waals surface area contributed by atoms with Crippen molar-refractivity contribution in [1.82, 2.24) is 0 Å². The summed E-state index contributed by atoms with van der Waals surface area (Å²) in [6.45, 7) is 0.810. The van der Waals surface area contributed by atoms with E-state index in [9.17, 15) is 4.79 Å². The van der Waals surface area contributed by atoms with Crippen molar-refractivity contribution < 1.29 is 14.6 Å². The van der Waals surface area contributed by atoms with Crippen molar-refractivity contribution in [3.8, 4) is 0 Å². The van der Waals surface area contributed by atoms with Crippen LogP contribution in [0.15, 0.2) is 0 Å². The molecule has 0 aromatic carbocycles. The average Bonchev–Trinajstić information content (AvgIpc) is 1.60. The fourth-order valence-electron chi connectivity index (χ4n) is 0.797. The molecule has 0 aromatic rings. The molecule has 1 heterocycles. The Hall–Kier alpha value is -0.570. The molecule has 0 radical (unpaired) electrons. The molecule has 9 heavy (non-hydrogen) atoms. The first-order valence-electron chi connectivity index (χ1n) is 3.12. The molecule has 0 saturated carbocycles. The molecule has 52 valence electrons. The van der Waals surface area contributed by atoms with Crippen LogP contribution in [0, 0.1) is 0 Å². The number of ether oxygens (including phenoxy) is 1. The Morgan fingerprint density at radius 2 is 2.44 bits per heavy atom. The van der Waals surface area contributed by atoms with Gasteiger partial charge < -0.3 is 9.84 Å². The Bertz CT molecular complexity index is 107. The molecular formula is C6H10O3. The molecule has 1 aliphatic heterocycles. The van der Waals surface area contributed by atoms with Gasteiger partial charge in [0, 0.05) is 13.0 Å². The standard InChI is InChI=1S/C6H10O3/c7-6(8)2-1-5-3-4-9-5/h5H,1-4H2,(H,7,8)/t5-/m0/s1. The van der Waals surface area contributed by atoms with Crippen LogP contribution in [-0.4, -0.2) is 23.8 Å². The minimum absolute atomic E-state index is 0.237. The zero-order chi connectivity index (χ0) is 6.69. The molecule has 0 spiro atoms. The van der Waals surface area contributed by atoms with Crippen molar-refractivity contribution in [1.29, 1.82) is 0 Å². The molecule has 3 nitrogen and oxygen atoms in total. The summed E-state index contributed by atoms with van der Waals surface area (Å²) in [5.41, 5.74) is 0. The summed E-state index contributed by atoms with van der Waals surface area (Å²) in [6.07, 6.45) is 2.19. The fourth-order valence-corrected chi connectivity index (χ4v) is 0.797. The maximum Gasteiger partial charge on any atom is 0.303 e. The number of rotatable bonds is 3. The molecule has 1 N–H and O–H groups in total. The second kappa shape index (κ2) is 2.82. The van der Waals surface area contributed by atoms with E-state index in [1.165, 1.54) is 0 Å². The van der Waals surface area contributed by atoms with Crippen LogP contribution in [0.5, 0.6) is 0 Å². The Morgan fingerprint density at radius 1 is 1.78 bits per heavy atom. The monoisotopic (exact) mass is 130 g/mol. The molecule has 1 aliphatic rings. The van der Waals surface area contributed by atoms with Gasteiger partial charge in [-0.25, -0.2) is 0 Å². The molecular weight excluding hydrogens is 120 g/mol. The topological polar surface area (TPSA) is 46.5 Å². The highest BCUT2D eigenvalue weighted by Crippen LogP contribution is 2.15. The lowest BCUT2D eigenvalue weighted by Crippen LogP contribution is -2.27. The molecule has 1 saturated heterocycles. The van der Waals surface area contributed by atoms with Gasteiger partial charge >= 0.3 is 5.97 Å². The lowest BCUT2D eigenvalue weighted by Gasteiger charge is -2.25. The normalized spacial score (nSPS) is 25.1. The predicted molar refractivity (Wildman–Crippen MR) is 31.2 cm³/mol. The van der Waals surface area contributed by atoms with E-state index in [-0.39, 0.29) is 12.5 Å². The summed E-state index contributed by atoms with van der Waals surface area (Å²) in [5.74, 6) is -0.731. The highest BCUT2D eigenvalue weighted by Gasteiger charge is 2.18. The minimum Gasteiger partial charge on any atom is -0.481 e. The predicted octanol–water partition coefficient (Wildman–Crippen LogP) is 0.640. The number of carboxylic acid groups (broad SMARTS) is 1. The van der Waals surface area contributed by atoms with E-state index in [2.05, 4.69) is 0 Å². The van der Waals surface area contributed by atoms with E-state index >= 15 is 0 Å². The molecule has 0 aliphatic carbocycles. The maximum absolute atomic E-state index is 9.99. The van der Waals surface area contributed by atoms with Crippen molar-refractivity contribution in [2.24, 2.45) is 0 Å². The third-order valence-electron chi connectivity index (χ3n) is 1.47. The van der Waals surface area contributed by atoms with Gasteiger partial charge in [0.2, 0.25) is 0 Å². The Balaban J connectivity index is 1.97. The van der Waals surface area contributed by atoms with Gasteiger partial charge in [-0.2, -0.15) is 0 Å². The first-order valence-corrected chi connectivity index (χ1v) is 3.12. The van der Waals surface area contributed by atoms with E-state index in [0.717, 1.165) is 13.0 Å². The summed E-state index contributed by atoms with van der Waals surface area (Å²) >= 11 is 0. The van der Waals surface area contributed by atoms with E-state index in [4.69, 9.17) is 9.84 Å². The third kappa shape index (κ3) is 2.01. The largest absolute Gasteiger partial charge is 0.481 e. The molecule has 0 bridgehead atoms. The van der Waals surface area contributed by atoms with Gasteiger partial charge in [-0.3, -0.25) is 4.79 Å². The van der Waals surface area contributed by atoms with Gasteiger partial charge in [0.1, 0.15) is 0 Å². The summed E-state index contributed by atoms with van der Waals surface area (Å²) < 4.78 is 5.02. The van der Waals surface area contributed by atoms with Crippen LogP contribution in [0.4, 0.5) is 0 Å². The van der Waals surface area contributed by atoms with E-state index in [0.29, 0.717) is 6.42 Å². The van der Waals surface area contributed by atoms with Crippen LogP contribution in [0.3, 0.4) is 0 Å². The van der Waals surface area contributed by atoms with Crippen LogP contribution in [0.25, 0.3) is 0 Å². The lowest BCUT2D eigenvalue weighted by molar-refractivity contribution is -0.139. The van der Waals surface area contributed by atoms with Gasteiger partial charge in [-0.05, 0) is 12.8 Å². The highest BCUT2D eigenvalue weighted by molar-refractivity contribution is 5.66. The zero-order valence-electron chi connectivity index (χ0n) is 5.17. The number of carboxylic acids is 1. The first-order chi connectivity index (χ1) is 4.29. The van der Waals surface area contributed by atoms with Crippen LogP contribution < -0.4 is 0 Å². The number of hydrogen-bond donors (Lipinski definition) is 1. The smallest absolute Gasteiger partial charge is 0.303 e. The second-order valence-corrected chi connectivity index (χ2v) is 2.21. The summed E-state index contributed by atoms with van der Waals surface area (Å²) in [4.78, 5) is 9.99. The molecule has 0 unspecified atom stereocenters. The molecule has 3 heteroatoms. The zero-order valence-corrected chi connectivity index (χ0v) is 5.17.